The lowest BCUT2D eigenvalue weighted by atomic mass is 10.0. The lowest BCUT2D eigenvalue weighted by Crippen LogP contribution is -2.00. The molecule has 8 aromatic carbocycles. The van der Waals surface area contributed by atoms with Crippen LogP contribution in [0.1, 0.15) is 0 Å². The first-order valence-electron chi connectivity index (χ1n) is 19.8. The van der Waals surface area contributed by atoms with E-state index < -0.39 is 0 Å². The van der Waals surface area contributed by atoms with Crippen LogP contribution >= 0.6 is 11.3 Å². The average Bonchev–Trinajstić information content (AvgIpc) is 4.02. The molecule has 0 radical (unpaired) electrons. The minimum absolute atomic E-state index is 0.639. The zero-order valence-corrected chi connectivity index (χ0v) is 32.5. The molecule has 4 aromatic heterocycles. The summed E-state index contributed by atoms with van der Waals surface area (Å²) < 4.78 is 7.39. The zero-order chi connectivity index (χ0) is 38.9. The fourth-order valence-corrected chi connectivity index (χ4v) is 9.88. The van der Waals surface area contributed by atoms with Gasteiger partial charge in [0.25, 0.3) is 0 Å². The Bertz CT molecular complexity index is 3470. The van der Waals surface area contributed by atoms with Crippen molar-refractivity contribution in [1.82, 2.24) is 24.1 Å². The van der Waals surface area contributed by atoms with Crippen molar-refractivity contribution in [2.24, 2.45) is 0 Å². The molecule has 6 heteroatoms. The van der Waals surface area contributed by atoms with Gasteiger partial charge >= 0.3 is 0 Å². The molecule has 59 heavy (non-hydrogen) atoms. The molecular weight excluding hydrogens is 739 g/mol. The third-order valence-electron chi connectivity index (χ3n) is 11.4. The number of rotatable bonds is 6. The highest BCUT2D eigenvalue weighted by Crippen LogP contribution is 2.45. The Morgan fingerprint density at radius 3 is 1.66 bits per heavy atom. The smallest absolute Gasteiger partial charge is 0.164 e. The second-order valence-electron chi connectivity index (χ2n) is 14.9. The predicted octanol–water partition coefficient (Wildman–Crippen LogP) is 13.9. The third kappa shape index (κ3) is 5.49. The van der Waals surface area contributed by atoms with E-state index in [9.17, 15) is 0 Å². The molecule has 0 spiro atoms. The normalized spacial score (nSPS) is 11.7. The molecule has 0 saturated carbocycles. The fourth-order valence-electron chi connectivity index (χ4n) is 8.64. The fraction of sp³-hybridized carbons (Fsp3) is 0. The maximum Gasteiger partial charge on any atom is 0.164 e. The topological polar surface area (TPSA) is 48.5 Å². The quantitative estimate of drug-likeness (QED) is 0.169. The molecule has 0 N–H and O–H groups in total. The van der Waals surface area contributed by atoms with Crippen molar-refractivity contribution in [2.45, 2.75) is 0 Å². The number of fused-ring (bicyclic) bond motifs is 9. The molecule has 0 atom stereocenters. The van der Waals surface area contributed by atoms with Crippen LogP contribution in [0.5, 0.6) is 0 Å². The van der Waals surface area contributed by atoms with Crippen molar-refractivity contribution in [3.8, 4) is 56.7 Å². The predicted molar refractivity (Wildman–Crippen MR) is 246 cm³/mol. The van der Waals surface area contributed by atoms with Crippen LogP contribution in [-0.2, 0) is 0 Å². The maximum atomic E-state index is 5.00. The second-order valence-corrected chi connectivity index (χ2v) is 15.9. The molecule has 0 fully saturated rings. The Hall–Kier alpha value is -7.67. The third-order valence-corrected chi connectivity index (χ3v) is 12.6. The molecule has 276 valence electrons. The van der Waals surface area contributed by atoms with Crippen molar-refractivity contribution < 1.29 is 0 Å². The van der Waals surface area contributed by atoms with Crippen LogP contribution in [0.4, 0.5) is 0 Å². The Labute approximate surface area is 343 Å². The van der Waals surface area contributed by atoms with Crippen LogP contribution in [0.3, 0.4) is 0 Å². The summed E-state index contributed by atoms with van der Waals surface area (Å²) in [6.45, 7) is 0. The number of hydrogen-bond acceptors (Lipinski definition) is 4. The molecule has 0 amide bonds. The van der Waals surface area contributed by atoms with E-state index >= 15 is 0 Å². The van der Waals surface area contributed by atoms with Crippen LogP contribution in [0.25, 0.3) is 110 Å². The number of nitrogens with zero attached hydrogens (tertiary/aromatic N) is 5. The molecule has 12 aromatic rings. The molecule has 5 nitrogen and oxygen atoms in total. The van der Waals surface area contributed by atoms with Crippen molar-refractivity contribution >= 4 is 64.2 Å². The van der Waals surface area contributed by atoms with E-state index in [4.69, 9.17) is 15.0 Å². The maximum absolute atomic E-state index is 5.00. The van der Waals surface area contributed by atoms with E-state index in [-0.39, 0.29) is 0 Å². The van der Waals surface area contributed by atoms with Gasteiger partial charge < -0.3 is 9.13 Å². The van der Waals surface area contributed by atoms with Gasteiger partial charge in [-0.25, -0.2) is 15.0 Å². The van der Waals surface area contributed by atoms with Gasteiger partial charge in [0.1, 0.15) is 0 Å². The average molecular weight is 772 g/mol. The molecule has 0 aliphatic heterocycles. The van der Waals surface area contributed by atoms with Gasteiger partial charge in [0.15, 0.2) is 17.5 Å². The lowest BCUT2D eigenvalue weighted by molar-refractivity contribution is 1.07. The second kappa shape index (κ2) is 13.5. The SMILES string of the molecule is c1ccc(-c2nc(-c3ccccc3)nc(-c3cccc(-c4ccc(-n5c6c(ccc7c6ccn7-c6ccccc6)c6ccc7c8ccccc8sc7c65)cc4)c3)n2)cc1. The first kappa shape index (κ1) is 33.5. The molecule has 0 aliphatic rings. The summed E-state index contributed by atoms with van der Waals surface area (Å²) >= 11 is 1.88. The number of benzene rings is 8. The van der Waals surface area contributed by atoms with Gasteiger partial charge in [-0.05, 0) is 59.7 Å². The Morgan fingerprint density at radius 2 is 0.932 bits per heavy atom. The number of thiophene rings is 1. The zero-order valence-electron chi connectivity index (χ0n) is 31.7. The Balaban J connectivity index is 1.02. The summed E-state index contributed by atoms with van der Waals surface area (Å²) in [5.41, 5.74) is 10.9. The van der Waals surface area contributed by atoms with Crippen LogP contribution in [-0.4, -0.2) is 24.1 Å². The monoisotopic (exact) mass is 771 g/mol. The van der Waals surface area contributed by atoms with E-state index in [1.54, 1.807) is 0 Å². The highest BCUT2D eigenvalue weighted by molar-refractivity contribution is 7.26. The van der Waals surface area contributed by atoms with Crippen LogP contribution in [0.15, 0.2) is 200 Å². The van der Waals surface area contributed by atoms with Crippen LogP contribution in [0.2, 0.25) is 0 Å². The number of hydrogen-bond donors (Lipinski definition) is 0. The minimum atomic E-state index is 0.639. The van der Waals surface area contributed by atoms with Crippen molar-refractivity contribution in [2.75, 3.05) is 0 Å². The Morgan fingerprint density at radius 1 is 0.356 bits per heavy atom. The van der Waals surface area contributed by atoms with E-state index in [1.165, 1.54) is 52.9 Å². The molecule has 0 bridgehead atoms. The molecule has 12 rings (SSSR count). The van der Waals surface area contributed by atoms with E-state index in [0.717, 1.165) is 39.2 Å². The highest BCUT2D eigenvalue weighted by atomic mass is 32.1. The van der Waals surface area contributed by atoms with Gasteiger partial charge in [-0.2, -0.15) is 0 Å². The van der Waals surface area contributed by atoms with Gasteiger partial charge in [0.05, 0.1) is 21.3 Å². The number of para-hydroxylation sites is 1. The summed E-state index contributed by atoms with van der Waals surface area (Å²) in [5.74, 6) is 1.94. The summed E-state index contributed by atoms with van der Waals surface area (Å²) in [4.78, 5) is 14.9. The molecule has 4 heterocycles. The molecular formula is C53H33N5S. The standard InChI is InChI=1S/C53H33N5S/c1-4-13-35(14-5-1)51-54-52(36-15-6-2-7-16-36)56-53(55-51)38-18-12-17-37(33-38)34-23-25-40(26-24-34)58-48-42(29-30-46-45(48)31-32-57(46)39-19-8-3-9-20-39)43-27-28-44-41-21-10-11-22-47(41)59-50(44)49(43)58/h1-33H. The number of aromatic nitrogens is 5. The van der Waals surface area contributed by atoms with Gasteiger partial charge in [-0.1, -0.05) is 146 Å². The van der Waals surface area contributed by atoms with Crippen LogP contribution < -0.4 is 0 Å². The van der Waals surface area contributed by atoms with Crippen LogP contribution in [0, 0.1) is 0 Å². The van der Waals surface area contributed by atoms with Gasteiger partial charge in [-0.15, -0.1) is 11.3 Å². The van der Waals surface area contributed by atoms with Gasteiger partial charge in [0, 0.05) is 65.9 Å². The van der Waals surface area contributed by atoms with Crippen molar-refractivity contribution in [1.29, 1.82) is 0 Å². The molecule has 0 unspecified atom stereocenters. The first-order chi connectivity index (χ1) is 29.2. The highest BCUT2D eigenvalue weighted by Gasteiger charge is 2.21. The summed E-state index contributed by atoms with van der Waals surface area (Å²) in [6.07, 6.45) is 2.20. The molecule has 0 aliphatic carbocycles. The largest absolute Gasteiger partial charge is 0.316 e. The lowest BCUT2D eigenvalue weighted by Gasteiger charge is -2.12. The van der Waals surface area contributed by atoms with Crippen molar-refractivity contribution in [3.05, 3.63) is 200 Å². The minimum Gasteiger partial charge on any atom is -0.316 e. The van der Waals surface area contributed by atoms with Crippen molar-refractivity contribution in [3.63, 3.8) is 0 Å². The van der Waals surface area contributed by atoms with E-state index in [2.05, 4.69) is 149 Å². The summed E-state index contributed by atoms with van der Waals surface area (Å²) in [6, 6.07) is 68.6. The van der Waals surface area contributed by atoms with E-state index in [1.807, 2.05) is 72.0 Å². The summed E-state index contributed by atoms with van der Waals surface area (Å²) in [7, 11) is 0. The van der Waals surface area contributed by atoms with Gasteiger partial charge in [0.2, 0.25) is 0 Å². The van der Waals surface area contributed by atoms with E-state index in [0.29, 0.717) is 17.5 Å². The summed E-state index contributed by atoms with van der Waals surface area (Å²) in [5, 5.41) is 6.31. The first-order valence-corrected chi connectivity index (χ1v) is 20.6. The Kier molecular flexibility index (Phi) is 7.64. The molecule has 0 saturated heterocycles. The van der Waals surface area contributed by atoms with Gasteiger partial charge in [-0.3, -0.25) is 0 Å².